The molecule has 0 bridgehead atoms. The monoisotopic (exact) mass is 574 g/mol. The summed E-state index contributed by atoms with van der Waals surface area (Å²) in [4.78, 5) is 0. The Morgan fingerprint density at radius 1 is 0.488 bits per heavy atom. The molecule has 0 aliphatic heterocycles. The Morgan fingerprint density at radius 2 is 0.884 bits per heavy atom. The fourth-order valence-corrected chi connectivity index (χ4v) is 6.70. The van der Waals surface area contributed by atoms with Gasteiger partial charge in [0.1, 0.15) is 0 Å². The van der Waals surface area contributed by atoms with Crippen molar-refractivity contribution in [1.82, 2.24) is 0 Å². The third-order valence-electron chi connectivity index (χ3n) is 9.20. The lowest BCUT2D eigenvalue weighted by Crippen LogP contribution is -2.05. The van der Waals surface area contributed by atoms with Crippen LogP contribution in [0.1, 0.15) is 134 Å². The van der Waals surface area contributed by atoms with Gasteiger partial charge in [-0.2, -0.15) is 0 Å². The summed E-state index contributed by atoms with van der Waals surface area (Å²) in [6.07, 6.45) is 13.6. The highest BCUT2D eigenvalue weighted by molar-refractivity contribution is 5.49. The van der Waals surface area contributed by atoms with Crippen LogP contribution in [0.15, 0.2) is 84.9 Å². The van der Waals surface area contributed by atoms with Crippen LogP contribution in [0.3, 0.4) is 0 Å². The van der Waals surface area contributed by atoms with E-state index in [0.29, 0.717) is 11.8 Å². The number of rotatable bonds is 16. The van der Waals surface area contributed by atoms with Gasteiger partial charge in [-0.25, -0.2) is 0 Å². The average Bonchev–Trinajstić information content (AvgIpc) is 2.99. The first kappa shape index (κ1) is 32.4. The number of hydrogen-bond acceptors (Lipinski definition) is 2. The standard InChI is InChI=1S/C41H54N2/c1-5-7-9-11-13-40(38-25-23-36(42)27-30(38)3)34-19-15-32(16-20-34)29-33-17-21-35(22-18-33)41(14-12-10-8-6-2)39-26-24-37(43)28-31(39)4/h15-28,40-41H,5-14,29,42-43H2,1-4H3. The van der Waals surface area contributed by atoms with Crippen molar-refractivity contribution >= 4 is 11.4 Å². The zero-order valence-electron chi connectivity index (χ0n) is 27.2. The second-order valence-electron chi connectivity index (χ2n) is 12.7. The molecule has 228 valence electrons. The minimum atomic E-state index is 0.414. The van der Waals surface area contributed by atoms with E-state index in [1.807, 2.05) is 0 Å². The van der Waals surface area contributed by atoms with Crippen molar-refractivity contribution in [3.8, 4) is 0 Å². The molecule has 2 unspecified atom stereocenters. The van der Waals surface area contributed by atoms with Crippen LogP contribution in [0.5, 0.6) is 0 Å². The minimum absolute atomic E-state index is 0.414. The molecule has 4 N–H and O–H groups in total. The predicted molar refractivity (Wildman–Crippen MR) is 188 cm³/mol. The van der Waals surface area contributed by atoms with E-state index >= 15 is 0 Å². The number of nitrogens with two attached hydrogens (primary N) is 2. The normalized spacial score (nSPS) is 12.7. The van der Waals surface area contributed by atoms with Crippen molar-refractivity contribution < 1.29 is 0 Å². The second-order valence-corrected chi connectivity index (χ2v) is 12.7. The lowest BCUT2D eigenvalue weighted by molar-refractivity contribution is 0.595. The molecule has 0 radical (unpaired) electrons. The minimum Gasteiger partial charge on any atom is -0.399 e. The van der Waals surface area contributed by atoms with Crippen LogP contribution in [-0.2, 0) is 6.42 Å². The number of benzene rings is 4. The Balaban J connectivity index is 1.49. The van der Waals surface area contributed by atoms with Gasteiger partial charge in [0, 0.05) is 23.2 Å². The van der Waals surface area contributed by atoms with Crippen molar-refractivity contribution in [3.05, 3.63) is 129 Å². The van der Waals surface area contributed by atoms with Crippen molar-refractivity contribution in [2.45, 2.75) is 110 Å². The molecule has 0 spiro atoms. The van der Waals surface area contributed by atoms with Crippen LogP contribution in [0.4, 0.5) is 11.4 Å². The molecular weight excluding hydrogens is 520 g/mol. The zero-order valence-corrected chi connectivity index (χ0v) is 27.2. The van der Waals surface area contributed by atoms with E-state index < -0.39 is 0 Å². The van der Waals surface area contributed by atoms with Gasteiger partial charge in [-0.05, 0) is 102 Å². The molecular formula is C41H54N2. The lowest BCUT2D eigenvalue weighted by Gasteiger charge is -2.21. The first-order valence-electron chi connectivity index (χ1n) is 16.8. The Morgan fingerprint density at radius 3 is 1.23 bits per heavy atom. The fourth-order valence-electron chi connectivity index (χ4n) is 6.70. The summed E-state index contributed by atoms with van der Waals surface area (Å²) >= 11 is 0. The highest BCUT2D eigenvalue weighted by atomic mass is 14.5. The van der Waals surface area contributed by atoms with Crippen LogP contribution < -0.4 is 11.5 Å². The summed E-state index contributed by atoms with van der Waals surface area (Å²) < 4.78 is 0. The lowest BCUT2D eigenvalue weighted by atomic mass is 9.83. The highest BCUT2D eigenvalue weighted by Gasteiger charge is 2.18. The molecule has 0 saturated heterocycles. The molecule has 0 heterocycles. The molecule has 0 aliphatic rings. The Bertz CT molecular complexity index is 1290. The van der Waals surface area contributed by atoms with Gasteiger partial charge >= 0.3 is 0 Å². The number of anilines is 2. The van der Waals surface area contributed by atoms with Crippen LogP contribution in [-0.4, -0.2) is 0 Å². The molecule has 43 heavy (non-hydrogen) atoms. The van der Waals surface area contributed by atoms with E-state index in [1.54, 1.807) is 0 Å². The second kappa shape index (κ2) is 16.4. The number of unbranched alkanes of at least 4 members (excludes halogenated alkanes) is 6. The van der Waals surface area contributed by atoms with E-state index in [0.717, 1.165) is 17.8 Å². The molecule has 4 aromatic carbocycles. The Hall–Kier alpha value is -3.52. The smallest absolute Gasteiger partial charge is 0.0316 e. The predicted octanol–water partition coefficient (Wildman–Crippen LogP) is 11.3. The summed E-state index contributed by atoms with van der Waals surface area (Å²) in [5, 5.41) is 0. The first-order chi connectivity index (χ1) is 20.9. The fraction of sp³-hybridized carbons (Fsp3) is 0.415. The molecule has 0 aliphatic carbocycles. The van der Waals surface area contributed by atoms with Crippen molar-refractivity contribution in [2.75, 3.05) is 11.5 Å². The largest absolute Gasteiger partial charge is 0.399 e. The molecule has 4 rings (SSSR count). The van der Waals surface area contributed by atoms with Gasteiger partial charge in [-0.1, -0.05) is 126 Å². The molecule has 2 nitrogen and oxygen atoms in total. The van der Waals surface area contributed by atoms with Gasteiger partial charge < -0.3 is 11.5 Å². The maximum Gasteiger partial charge on any atom is 0.0316 e. The van der Waals surface area contributed by atoms with Crippen LogP contribution in [0.2, 0.25) is 0 Å². The van der Waals surface area contributed by atoms with Gasteiger partial charge in [-0.15, -0.1) is 0 Å². The first-order valence-corrected chi connectivity index (χ1v) is 16.8. The third-order valence-corrected chi connectivity index (χ3v) is 9.20. The molecule has 4 aromatic rings. The van der Waals surface area contributed by atoms with Gasteiger partial charge in [0.15, 0.2) is 0 Å². The van der Waals surface area contributed by atoms with E-state index in [1.165, 1.54) is 109 Å². The highest BCUT2D eigenvalue weighted by Crippen LogP contribution is 2.35. The van der Waals surface area contributed by atoms with Crippen molar-refractivity contribution in [2.24, 2.45) is 0 Å². The molecule has 2 heteroatoms. The van der Waals surface area contributed by atoms with E-state index in [9.17, 15) is 0 Å². The molecule has 2 atom stereocenters. The maximum atomic E-state index is 6.09. The quantitative estimate of drug-likeness (QED) is 0.103. The summed E-state index contributed by atoms with van der Waals surface area (Å²) in [5.41, 5.74) is 24.8. The summed E-state index contributed by atoms with van der Waals surface area (Å²) in [6.45, 7) is 8.96. The Kier molecular flexibility index (Phi) is 12.3. The maximum absolute atomic E-state index is 6.09. The Labute approximate surface area is 261 Å². The van der Waals surface area contributed by atoms with Gasteiger partial charge in [0.2, 0.25) is 0 Å². The molecule has 0 amide bonds. The summed E-state index contributed by atoms with van der Waals surface area (Å²) in [7, 11) is 0. The molecule has 0 fully saturated rings. The van der Waals surface area contributed by atoms with Crippen molar-refractivity contribution in [1.29, 1.82) is 0 Å². The number of nitrogen functional groups attached to an aromatic ring is 2. The van der Waals surface area contributed by atoms with Crippen LogP contribution >= 0.6 is 0 Å². The molecule has 0 aromatic heterocycles. The van der Waals surface area contributed by atoms with Gasteiger partial charge in [0.25, 0.3) is 0 Å². The van der Waals surface area contributed by atoms with E-state index in [-0.39, 0.29) is 0 Å². The molecule has 0 saturated carbocycles. The van der Waals surface area contributed by atoms with E-state index in [4.69, 9.17) is 11.5 Å². The topological polar surface area (TPSA) is 52.0 Å². The van der Waals surface area contributed by atoms with Crippen LogP contribution in [0, 0.1) is 13.8 Å². The zero-order chi connectivity index (χ0) is 30.6. The number of hydrogen-bond donors (Lipinski definition) is 2. The van der Waals surface area contributed by atoms with E-state index in [2.05, 4.69) is 113 Å². The van der Waals surface area contributed by atoms with Gasteiger partial charge in [-0.3, -0.25) is 0 Å². The van der Waals surface area contributed by atoms with Crippen LogP contribution in [0.25, 0.3) is 0 Å². The van der Waals surface area contributed by atoms with Crippen molar-refractivity contribution in [3.63, 3.8) is 0 Å². The summed E-state index contributed by atoms with van der Waals surface area (Å²) in [6, 6.07) is 31.6. The van der Waals surface area contributed by atoms with Gasteiger partial charge in [0.05, 0.1) is 0 Å². The average molecular weight is 575 g/mol. The third kappa shape index (κ3) is 9.23. The number of aryl methyl sites for hydroxylation is 2. The SMILES string of the molecule is CCCCCCC(c1ccc(Cc2ccc(C(CCCCCC)c3ccc(N)cc3C)cc2)cc1)c1ccc(N)cc1C. The summed E-state index contributed by atoms with van der Waals surface area (Å²) in [5.74, 6) is 0.827.